The molecule has 4 aromatic carbocycles. The number of hydrogen-bond donors (Lipinski definition) is 1. The first-order valence-corrected chi connectivity index (χ1v) is 13.3. The van der Waals surface area contributed by atoms with Gasteiger partial charge in [0.25, 0.3) is 0 Å². The van der Waals surface area contributed by atoms with Crippen LogP contribution < -0.4 is 9.47 Å². The van der Waals surface area contributed by atoms with Crippen LogP contribution in [-0.2, 0) is 10.2 Å². The molecule has 0 spiro atoms. The third-order valence-electron chi connectivity index (χ3n) is 7.38. The molecule has 38 heavy (non-hydrogen) atoms. The summed E-state index contributed by atoms with van der Waals surface area (Å²) >= 11 is 0. The van der Waals surface area contributed by atoms with Crippen molar-refractivity contribution < 1.29 is 19.3 Å². The third-order valence-corrected chi connectivity index (χ3v) is 7.38. The number of benzene rings is 4. The minimum atomic E-state index is -0.480. The molecule has 0 radical (unpaired) electrons. The number of aliphatic hydroxyl groups is 1. The standard InChI is InChI=1S/C34H36O4/c1-23-5-15-30-31-16-6-24(2)22-33(31)34(32(30)21-23,27-9-13-29(14-10-27)38-20-19-36-4)26-7-11-28(12-8-26)37-18-17-25(3)35/h5-16,21-22,25,35H,17-20H2,1-4H3. The Morgan fingerprint density at radius 3 is 1.58 bits per heavy atom. The summed E-state index contributed by atoms with van der Waals surface area (Å²) in [4.78, 5) is 0. The molecular formula is C34H36O4. The van der Waals surface area contributed by atoms with E-state index in [0.29, 0.717) is 26.2 Å². The van der Waals surface area contributed by atoms with Gasteiger partial charge in [-0.25, -0.2) is 0 Å². The SMILES string of the molecule is COCCOc1ccc(C2(c3ccc(OCCC(C)O)cc3)c3cc(C)ccc3-c3ccc(C)cc32)cc1. The van der Waals surface area contributed by atoms with Gasteiger partial charge in [0.05, 0.1) is 24.7 Å². The molecular weight excluding hydrogens is 472 g/mol. The zero-order valence-corrected chi connectivity index (χ0v) is 22.7. The van der Waals surface area contributed by atoms with Gasteiger partial charge in [-0.05, 0) is 78.4 Å². The van der Waals surface area contributed by atoms with Crippen molar-refractivity contribution in [1.82, 2.24) is 0 Å². The lowest BCUT2D eigenvalue weighted by molar-refractivity contribution is 0.146. The number of fused-ring (bicyclic) bond motifs is 3. The Morgan fingerprint density at radius 1 is 0.658 bits per heavy atom. The highest BCUT2D eigenvalue weighted by molar-refractivity contribution is 5.86. The van der Waals surface area contributed by atoms with Crippen LogP contribution in [0.3, 0.4) is 0 Å². The topological polar surface area (TPSA) is 47.9 Å². The first-order valence-electron chi connectivity index (χ1n) is 13.3. The zero-order valence-electron chi connectivity index (χ0n) is 22.7. The lowest BCUT2D eigenvalue weighted by atomic mass is 9.67. The molecule has 1 N–H and O–H groups in total. The summed E-state index contributed by atoms with van der Waals surface area (Å²) in [6, 6.07) is 30.6. The Labute approximate surface area is 225 Å². The van der Waals surface area contributed by atoms with Gasteiger partial charge in [0, 0.05) is 13.5 Å². The van der Waals surface area contributed by atoms with Gasteiger partial charge in [0.15, 0.2) is 0 Å². The second-order valence-electron chi connectivity index (χ2n) is 10.2. The molecule has 0 aromatic heterocycles. The van der Waals surface area contributed by atoms with Gasteiger partial charge in [-0.3, -0.25) is 0 Å². The van der Waals surface area contributed by atoms with Gasteiger partial charge in [0.2, 0.25) is 0 Å². The Hall–Kier alpha value is -3.60. The van der Waals surface area contributed by atoms with Gasteiger partial charge >= 0.3 is 0 Å². The van der Waals surface area contributed by atoms with E-state index >= 15 is 0 Å². The first kappa shape index (κ1) is 26.0. The van der Waals surface area contributed by atoms with E-state index in [0.717, 1.165) is 11.5 Å². The maximum atomic E-state index is 9.59. The monoisotopic (exact) mass is 508 g/mol. The quantitative estimate of drug-likeness (QED) is 0.210. The largest absolute Gasteiger partial charge is 0.493 e. The van der Waals surface area contributed by atoms with E-state index in [4.69, 9.17) is 14.2 Å². The molecule has 0 aliphatic heterocycles. The van der Waals surface area contributed by atoms with E-state index in [2.05, 4.69) is 86.6 Å². The number of methoxy groups -OCH3 is 1. The van der Waals surface area contributed by atoms with Crippen molar-refractivity contribution in [3.05, 3.63) is 118 Å². The van der Waals surface area contributed by atoms with Crippen LogP contribution in [0.15, 0.2) is 84.9 Å². The highest BCUT2D eigenvalue weighted by Gasteiger charge is 2.46. The van der Waals surface area contributed by atoms with Crippen LogP contribution >= 0.6 is 0 Å². The summed E-state index contributed by atoms with van der Waals surface area (Å²) in [5.74, 6) is 1.63. The van der Waals surface area contributed by atoms with Crippen LogP contribution in [0.25, 0.3) is 11.1 Å². The fraction of sp³-hybridized carbons (Fsp3) is 0.294. The molecule has 0 amide bonds. The fourth-order valence-electron chi connectivity index (χ4n) is 5.53. The summed E-state index contributed by atoms with van der Waals surface area (Å²) in [6.07, 6.45) is 0.223. The number of aryl methyl sites for hydroxylation is 2. The average Bonchev–Trinajstić information content (AvgIpc) is 3.19. The number of rotatable bonds is 10. The molecule has 5 rings (SSSR count). The van der Waals surface area contributed by atoms with Gasteiger partial charge in [-0.15, -0.1) is 0 Å². The van der Waals surface area contributed by atoms with Crippen molar-refractivity contribution in [2.24, 2.45) is 0 Å². The Morgan fingerprint density at radius 2 is 1.13 bits per heavy atom. The summed E-state index contributed by atoms with van der Waals surface area (Å²) in [5, 5.41) is 9.59. The molecule has 1 atom stereocenters. The predicted molar refractivity (Wildman–Crippen MR) is 152 cm³/mol. The van der Waals surface area contributed by atoms with E-state index < -0.39 is 5.41 Å². The molecule has 0 heterocycles. The van der Waals surface area contributed by atoms with Gasteiger partial charge in [0.1, 0.15) is 18.1 Å². The highest BCUT2D eigenvalue weighted by Crippen LogP contribution is 2.56. The maximum Gasteiger partial charge on any atom is 0.119 e. The van der Waals surface area contributed by atoms with Crippen molar-refractivity contribution in [2.75, 3.05) is 26.9 Å². The van der Waals surface area contributed by atoms with E-state index in [9.17, 15) is 5.11 Å². The second kappa shape index (κ2) is 11.0. The van der Waals surface area contributed by atoms with Crippen LogP contribution in [0, 0.1) is 13.8 Å². The van der Waals surface area contributed by atoms with Crippen molar-refractivity contribution in [3.63, 3.8) is 0 Å². The lowest BCUT2D eigenvalue weighted by Gasteiger charge is -2.34. The van der Waals surface area contributed by atoms with Crippen molar-refractivity contribution in [3.8, 4) is 22.6 Å². The molecule has 0 fully saturated rings. The first-order chi connectivity index (χ1) is 18.4. The summed E-state index contributed by atoms with van der Waals surface area (Å²) < 4.78 is 17.0. The van der Waals surface area contributed by atoms with Crippen LogP contribution in [-0.4, -0.2) is 38.1 Å². The third kappa shape index (κ3) is 4.82. The Balaban J connectivity index is 1.67. The summed E-state index contributed by atoms with van der Waals surface area (Å²) in [6.45, 7) is 7.65. The highest BCUT2D eigenvalue weighted by atomic mass is 16.5. The van der Waals surface area contributed by atoms with E-state index in [-0.39, 0.29) is 6.10 Å². The molecule has 196 valence electrons. The van der Waals surface area contributed by atoms with Gasteiger partial charge in [-0.2, -0.15) is 0 Å². The Kier molecular flexibility index (Phi) is 7.55. The minimum absolute atomic E-state index is 0.378. The van der Waals surface area contributed by atoms with Crippen LogP contribution in [0.1, 0.15) is 46.7 Å². The molecule has 4 aromatic rings. The molecule has 4 heteroatoms. The maximum absolute atomic E-state index is 9.59. The fourth-order valence-corrected chi connectivity index (χ4v) is 5.53. The normalized spacial score (nSPS) is 14.0. The van der Waals surface area contributed by atoms with Crippen LogP contribution in [0.2, 0.25) is 0 Å². The molecule has 1 unspecified atom stereocenters. The van der Waals surface area contributed by atoms with Crippen LogP contribution in [0.5, 0.6) is 11.5 Å². The average molecular weight is 509 g/mol. The van der Waals surface area contributed by atoms with E-state index in [1.165, 1.54) is 44.5 Å². The Bertz CT molecular complexity index is 1340. The zero-order chi connectivity index (χ0) is 26.7. The van der Waals surface area contributed by atoms with Crippen molar-refractivity contribution in [2.45, 2.75) is 38.7 Å². The lowest BCUT2D eigenvalue weighted by Crippen LogP contribution is -2.28. The molecule has 1 aliphatic carbocycles. The minimum Gasteiger partial charge on any atom is -0.493 e. The van der Waals surface area contributed by atoms with Gasteiger partial charge in [-0.1, -0.05) is 71.8 Å². The molecule has 0 saturated heterocycles. The number of aliphatic hydroxyl groups excluding tert-OH is 1. The predicted octanol–water partition coefficient (Wildman–Crippen LogP) is 6.84. The number of ether oxygens (including phenoxy) is 3. The van der Waals surface area contributed by atoms with Crippen LogP contribution in [0.4, 0.5) is 0 Å². The van der Waals surface area contributed by atoms with Crippen molar-refractivity contribution in [1.29, 1.82) is 0 Å². The van der Waals surface area contributed by atoms with Gasteiger partial charge < -0.3 is 19.3 Å². The van der Waals surface area contributed by atoms with E-state index in [1.54, 1.807) is 14.0 Å². The second-order valence-corrected chi connectivity index (χ2v) is 10.2. The number of hydrogen-bond acceptors (Lipinski definition) is 4. The molecule has 0 saturated carbocycles. The summed E-state index contributed by atoms with van der Waals surface area (Å²) in [7, 11) is 1.68. The summed E-state index contributed by atoms with van der Waals surface area (Å²) in [5.41, 5.74) is 9.46. The van der Waals surface area contributed by atoms with Crippen molar-refractivity contribution >= 4 is 0 Å². The molecule has 4 nitrogen and oxygen atoms in total. The molecule has 1 aliphatic rings. The van der Waals surface area contributed by atoms with E-state index in [1.807, 2.05) is 12.1 Å². The smallest absolute Gasteiger partial charge is 0.119 e. The molecule has 0 bridgehead atoms.